The van der Waals surface area contributed by atoms with E-state index in [0.29, 0.717) is 16.1 Å². The highest BCUT2D eigenvalue weighted by molar-refractivity contribution is 7.15. The van der Waals surface area contributed by atoms with Gasteiger partial charge < -0.3 is 5.32 Å². The monoisotopic (exact) mass is 357 g/mol. The number of aromatic nitrogens is 2. The van der Waals surface area contributed by atoms with Gasteiger partial charge in [0, 0.05) is 21.4 Å². The van der Waals surface area contributed by atoms with Crippen molar-refractivity contribution in [3.05, 3.63) is 33.1 Å². The Morgan fingerprint density at radius 1 is 1.19 bits per heavy atom. The Morgan fingerprint density at radius 2 is 1.95 bits per heavy atom. The van der Waals surface area contributed by atoms with Crippen molar-refractivity contribution in [2.45, 2.75) is 19.4 Å². The van der Waals surface area contributed by atoms with E-state index >= 15 is 0 Å². The average molecular weight is 358 g/mol. The van der Waals surface area contributed by atoms with Crippen LogP contribution in [-0.4, -0.2) is 15.8 Å². The number of benzene rings is 1. The van der Waals surface area contributed by atoms with Crippen LogP contribution in [0.1, 0.15) is 24.3 Å². The number of rotatable bonds is 4. The molecule has 1 N–H and O–H groups in total. The van der Waals surface area contributed by atoms with Crippen LogP contribution in [-0.2, 0) is 0 Å². The van der Waals surface area contributed by atoms with Gasteiger partial charge in [0.1, 0.15) is 11.0 Å². The van der Waals surface area contributed by atoms with Crippen molar-refractivity contribution < 1.29 is 0 Å². The number of halogens is 2. The van der Waals surface area contributed by atoms with E-state index in [1.165, 1.54) is 4.88 Å². The smallest absolute Gasteiger partial charge is 0.124 e. The molecule has 1 aromatic carbocycles. The Kier molecular flexibility index (Phi) is 4.47. The SMILES string of the molecule is CCC(NC)c1ccc(-c2c(Cl)cc(Cl)c3nsnc23)s1. The molecule has 21 heavy (non-hydrogen) atoms. The van der Waals surface area contributed by atoms with Crippen molar-refractivity contribution in [3.63, 3.8) is 0 Å². The van der Waals surface area contributed by atoms with E-state index in [4.69, 9.17) is 23.2 Å². The molecule has 0 aliphatic carbocycles. The van der Waals surface area contributed by atoms with Gasteiger partial charge in [-0.05, 0) is 31.7 Å². The number of hydrogen-bond donors (Lipinski definition) is 1. The molecule has 1 unspecified atom stereocenters. The molecule has 0 aliphatic heterocycles. The van der Waals surface area contributed by atoms with Crippen molar-refractivity contribution in [1.29, 1.82) is 0 Å². The lowest BCUT2D eigenvalue weighted by Gasteiger charge is -2.10. The highest BCUT2D eigenvalue weighted by Crippen LogP contribution is 2.42. The number of nitrogens with one attached hydrogen (secondary N) is 1. The highest BCUT2D eigenvalue weighted by atomic mass is 35.5. The number of fused-ring (bicyclic) bond motifs is 1. The minimum atomic E-state index is 0.360. The average Bonchev–Trinajstić information content (AvgIpc) is 3.10. The van der Waals surface area contributed by atoms with E-state index in [1.54, 1.807) is 17.4 Å². The molecule has 7 heteroatoms. The molecule has 0 saturated carbocycles. The Bertz CT molecular complexity index is 778. The molecule has 0 bridgehead atoms. The third-order valence-electron chi connectivity index (χ3n) is 3.42. The summed E-state index contributed by atoms with van der Waals surface area (Å²) in [5.74, 6) is 0. The third kappa shape index (κ3) is 2.69. The lowest BCUT2D eigenvalue weighted by Crippen LogP contribution is -2.13. The second kappa shape index (κ2) is 6.18. The van der Waals surface area contributed by atoms with Crippen molar-refractivity contribution in [2.75, 3.05) is 7.05 Å². The predicted octanol–water partition coefficient (Wildman–Crippen LogP) is 5.40. The summed E-state index contributed by atoms with van der Waals surface area (Å²) < 4.78 is 8.62. The van der Waals surface area contributed by atoms with E-state index in [-0.39, 0.29) is 0 Å². The third-order valence-corrected chi connectivity index (χ3v) is 5.75. The fraction of sp³-hybridized carbons (Fsp3) is 0.286. The van der Waals surface area contributed by atoms with E-state index in [9.17, 15) is 0 Å². The summed E-state index contributed by atoms with van der Waals surface area (Å²) in [5, 5.41) is 4.48. The topological polar surface area (TPSA) is 37.8 Å². The van der Waals surface area contributed by atoms with Crippen LogP contribution in [0.3, 0.4) is 0 Å². The highest BCUT2D eigenvalue weighted by Gasteiger charge is 2.18. The van der Waals surface area contributed by atoms with Gasteiger partial charge in [0.25, 0.3) is 0 Å². The molecule has 0 aliphatic rings. The first-order valence-electron chi connectivity index (χ1n) is 6.53. The zero-order chi connectivity index (χ0) is 15.0. The van der Waals surface area contributed by atoms with E-state index in [1.807, 2.05) is 7.05 Å². The molecule has 0 saturated heterocycles. The standard InChI is InChI=1S/C14H13Cl2N3S2/c1-3-9(17-2)10-4-5-11(20-10)12-7(15)6-8(16)13-14(12)19-21-18-13/h4-6,9,17H,3H2,1-2H3. The summed E-state index contributed by atoms with van der Waals surface area (Å²) in [7, 11) is 1.98. The van der Waals surface area contributed by atoms with Crippen LogP contribution in [0.2, 0.25) is 10.0 Å². The van der Waals surface area contributed by atoms with Gasteiger partial charge in [-0.25, -0.2) is 0 Å². The second-order valence-electron chi connectivity index (χ2n) is 4.63. The van der Waals surface area contributed by atoms with E-state index in [2.05, 4.69) is 33.1 Å². The van der Waals surface area contributed by atoms with Crippen LogP contribution < -0.4 is 5.32 Å². The van der Waals surface area contributed by atoms with Crippen LogP contribution in [0.25, 0.3) is 21.5 Å². The maximum absolute atomic E-state index is 6.40. The summed E-state index contributed by atoms with van der Waals surface area (Å²) >= 11 is 15.5. The molecule has 2 aromatic heterocycles. The minimum Gasteiger partial charge on any atom is -0.312 e. The fourth-order valence-corrected chi connectivity index (χ4v) is 4.86. The first-order valence-corrected chi connectivity index (χ1v) is 8.83. The van der Waals surface area contributed by atoms with Gasteiger partial charge in [-0.3, -0.25) is 0 Å². The van der Waals surface area contributed by atoms with Crippen LogP contribution in [0.15, 0.2) is 18.2 Å². The summed E-state index contributed by atoms with van der Waals surface area (Å²) in [6.07, 6.45) is 1.04. The van der Waals surface area contributed by atoms with E-state index in [0.717, 1.165) is 39.6 Å². The molecule has 2 heterocycles. The zero-order valence-corrected chi connectivity index (χ0v) is 14.6. The fourth-order valence-electron chi connectivity index (χ4n) is 2.33. The Morgan fingerprint density at radius 3 is 2.67 bits per heavy atom. The van der Waals surface area contributed by atoms with Crippen LogP contribution in [0.5, 0.6) is 0 Å². The lowest BCUT2D eigenvalue weighted by atomic mass is 10.1. The van der Waals surface area contributed by atoms with E-state index < -0.39 is 0 Å². The van der Waals surface area contributed by atoms with Crippen molar-refractivity contribution >= 4 is 57.3 Å². The maximum atomic E-state index is 6.40. The molecular formula is C14H13Cl2N3S2. The first-order chi connectivity index (χ1) is 10.2. The Labute approximate surface area is 141 Å². The summed E-state index contributed by atoms with van der Waals surface area (Å²) in [4.78, 5) is 2.38. The molecule has 1 atom stereocenters. The van der Waals surface area contributed by atoms with Crippen LogP contribution in [0, 0.1) is 0 Å². The molecular weight excluding hydrogens is 345 g/mol. The molecule has 0 spiro atoms. The molecule has 3 aromatic rings. The van der Waals surface area contributed by atoms with Crippen molar-refractivity contribution in [1.82, 2.24) is 14.1 Å². The van der Waals surface area contributed by atoms with Gasteiger partial charge in [0.15, 0.2) is 0 Å². The second-order valence-corrected chi connectivity index (χ2v) is 7.09. The van der Waals surface area contributed by atoms with Crippen molar-refractivity contribution in [3.8, 4) is 10.4 Å². The normalized spacial score (nSPS) is 13.0. The number of thiophene rings is 1. The van der Waals surface area contributed by atoms with Crippen LogP contribution in [0.4, 0.5) is 0 Å². The maximum Gasteiger partial charge on any atom is 0.124 e. The minimum absolute atomic E-state index is 0.360. The van der Waals surface area contributed by atoms with Gasteiger partial charge >= 0.3 is 0 Å². The number of hydrogen-bond acceptors (Lipinski definition) is 5. The van der Waals surface area contributed by atoms with Gasteiger partial charge in [-0.15, -0.1) is 11.3 Å². The van der Waals surface area contributed by atoms with Gasteiger partial charge in [0.2, 0.25) is 0 Å². The Hall–Kier alpha value is -0.720. The lowest BCUT2D eigenvalue weighted by molar-refractivity contribution is 0.586. The molecule has 3 rings (SSSR count). The number of nitrogens with zero attached hydrogens (tertiary/aromatic N) is 2. The predicted molar refractivity (Wildman–Crippen MR) is 92.8 cm³/mol. The molecule has 0 radical (unpaired) electrons. The van der Waals surface area contributed by atoms with Gasteiger partial charge in [-0.2, -0.15) is 8.75 Å². The summed E-state index contributed by atoms with van der Waals surface area (Å²) in [5.41, 5.74) is 2.42. The largest absolute Gasteiger partial charge is 0.312 e. The summed E-state index contributed by atoms with van der Waals surface area (Å²) in [6, 6.07) is 6.34. The molecule has 110 valence electrons. The summed E-state index contributed by atoms with van der Waals surface area (Å²) in [6.45, 7) is 2.17. The van der Waals surface area contributed by atoms with Gasteiger partial charge in [-0.1, -0.05) is 30.1 Å². The zero-order valence-electron chi connectivity index (χ0n) is 11.5. The van der Waals surface area contributed by atoms with Crippen LogP contribution >= 0.6 is 46.3 Å². The quantitative estimate of drug-likeness (QED) is 0.679. The Balaban J connectivity index is 2.15. The first kappa shape index (κ1) is 15.2. The van der Waals surface area contributed by atoms with Gasteiger partial charge in [0.05, 0.1) is 21.8 Å². The van der Waals surface area contributed by atoms with Crippen molar-refractivity contribution in [2.24, 2.45) is 0 Å². The molecule has 0 fully saturated rings. The molecule has 0 amide bonds. The molecule has 3 nitrogen and oxygen atoms in total.